The third-order valence-electron chi connectivity index (χ3n) is 12.2. The number of nitrogens with zero attached hydrogens (tertiary/aromatic N) is 2. The van der Waals surface area contributed by atoms with Gasteiger partial charge >= 0.3 is 0 Å². The van der Waals surface area contributed by atoms with Crippen LogP contribution >= 0.6 is 0 Å². The average Bonchev–Trinajstić information content (AvgIpc) is 3.96. The topological polar surface area (TPSA) is 19.6 Å². The fourth-order valence-corrected chi connectivity index (χ4v) is 9.73. The number of anilines is 6. The maximum absolute atomic E-state index is 6.48. The van der Waals surface area contributed by atoms with Crippen LogP contribution in [0.25, 0.3) is 33.1 Å². The van der Waals surface area contributed by atoms with Gasteiger partial charge in [0.25, 0.3) is 0 Å². The van der Waals surface area contributed by atoms with E-state index in [4.69, 9.17) is 4.42 Å². The summed E-state index contributed by atoms with van der Waals surface area (Å²) in [5, 5.41) is 2.27. The zero-order valence-corrected chi connectivity index (χ0v) is 31.1. The molecule has 9 aromatic rings. The Labute approximate surface area is 327 Å². The van der Waals surface area contributed by atoms with Crippen molar-refractivity contribution in [3.63, 3.8) is 0 Å². The zero-order chi connectivity index (χ0) is 37.1. The van der Waals surface area contributed by atoms with Crippen molar-refractivity contribution in [1.29, 1.82) is 0 Å². The zero-order valence-electron chi connectivity index (χ0n) is 31.1. The SMILES string of the molecule is c1ccc(-c2c(N(c3ccccc3)c3ccc4c(c3)[C@]3(CCc5ccc(N(c6ccccc6)c6ccccc6)cc53)CC4)ccc3oc4ccccc4c23)cc1. The van der Waals surface area contributed by atoms with Gasteiger partial charge in [-0.15, -0.1) is 0 Å². The second-order valence-electron chi connectivity index (χ2n) is 15.2. The molecule has 0 fully saturated rings. The minimum atomic E-state index is -0.0505. The van der Waals surface area contributed by atoms with Crippen LogP contribution in [0.4, 0.5) is 34.1 Å². The molecule has 0 radical (unpaired) electrons. The normalized spacial score (nSPS) is 15.6. The van der Waals surface area contributed by atoms with E-state index in [0.717, 1.165) is 75.9 Å². The largest absolute Gasteiger partial charge is 0.456 e. The molecule has 1 spiro atoms. The van der Waals surface area contributed by atoms with E-state index in [2.05, 4.69) is 204 Å². The van der Waals surface area contributed by atoms with E-state index in [1.54, 1.807) is 0 Å². The minimum Gasteiger partial charge on any atom is -0.456 e. The number of para-hydroxylation sites is 4. The Balaban J connectivity index is 1.10. The highest BCUT2D eigenvalue weighted by atomic mass is 16.3. The Kier molecular flexibility index (Phi) is 7.67. The van der Waals surface area contributed by atoms with E-state index in [0.29, 0.717) is 0 Å². The number of aryl methyl sites for hydroxylation is 2. The van der Waals surface area contributed by atoms with Gasteiger partial charge in [0, 0.05) is 50.2 Å². The molecule has 0 amide bonds. The molecule has 3 heteroatoms. The Morgan fingerprint density at radius 1 is 0.411 bits per heavy atom. The minimum absolute atomic E-state index is 0.0505. The average molecular weight is 721 g/mol. The van der Waals surface area contributed by atoms with E-state index < -0.39 is 0 Å². The van der Waals surface area contributed by atoms with Crippen LogP contribution in [0.15, 0.2) is 199 Å². The van der Waals surface area contributed by atoms with Crippen molar-refractivity contribution in [2.45, 2.75) is 31.1 Å². The fraction of sp³-hybridized carbons (Fsp3) is 0.0943. The van der Waals surface area contributed by atoms with Gasteiger partial charge in [0.2, 0.25) is 0 Å². The lowest BCUT2D eigenvalue weighted by Gasteiger charge is -2.32. The van der Waals surface area contributed by atoms with E-state index in [1.165, 1.54) is 39.2 Å². The fourth-order valence-electron chi connectivity index (χ4n) is 9.73. The van der Waals surface area contributed by atoms with Gasteiger partial charge in [-0.3, -0.25) is 0 Å². The van der Waals surface area contributed by atoms with Crippen LogP contribution in [-0.2, 0) is 18.3 Å². The summed E-state index contributed by atoms with van der Waals surface area (Å²) in [6.45, 7) is 0. The number of fused-ring (bicyclic) bond motifs is 7. The molecule has 0 unspecified atom stereocenters. The first-order valence-corrected chi connectivity index (χ1v) is 19.8. The standard InChI is InChI=1S/C53H40N2O/c1-5-15-39(16-6-1)51-48(29-30-50-52(51)45-23-13-14-24-49(45)56-50)55(42-21-11-4-12-22-42)44-28-26-38-32-34-53(47(38)36-44)33-31-37-25-27-43(35-46(37)53)54(40-17-7-2-8-18-40)41-19-9-3-10-20-41/h1-30,35-36H,31-34H2/t53-/m1/s1. The first-order valence-electron chi connectivity index (χ1n) is 19.8. The first-order chi connectivity index (χ1) is 27.7. The summed E-state index contributed by atoms with van der Waals surface area (Å²) in [5.41, 5.74) is 16.9. The van der Waals surface area contributed by atoms with Gasteiger partial charge in [0.1, 0.15) is 11.2 Å². The van der Waals surface area contributed by atoms with Gasteiger partial charge in [-0.1, -0.05) is 115 Å². The molecule has 268 valence electrons. The van der Waals surface area contributed by atoms with Crippen molar-refractivity contribution in [2.24, 2.45) is 0 Å². The predicted molar refractivity (Wildman–Crippen MR) is 232 cm³/mol. The van der Waals surface area contributed by atoms with Crippen molar-refractivity contribution in [1.82, 2.24) is 0 Å². The third kappa shape index (κ3) is 5.19. The van der Waals surface area contributed by atoms with Crippen LogP contribution in [0.5, 0.6) is 0 Å². The molecule has 2 aliphatic carbocycles. The van der Waals surface area contributed by atoms with Gasteiger partial charge < -0.3 is 14.2 Å². The molecule has 1 atom stereocenters. The molecule has 0 saturated carbocycles. The van der Waals surface area contributed by atoms with Gasteiger partial charge in [0.05, 0.1) is 5.69 Å². The number of hydrogen-bond donors (Lipinski definition) is 0. The predicted octanol–water partition coefficient (Wildman–Crippen LogP) is 14.4. The van der Waals surface area contributed by atoms with Gasteiger partial charge in [-0.05, 0) is 132 Å². The second-order valence-corrected chi connectivity index (χ2v) is 15.2. The highest BCUT2D eigenvalue weighted by molar-refractivity contribution is 6.16. The first kappa shape index (κ1) is 32.6. The summed E-state index contributed by atoms with van der Waals surface area (Å²) in [6, 6.07) is 70.5. The van der Waals surface area contributed by atoms with Crippen LogP contribution in [-0.4, -0.2) is 0 Å². The molecule has 0 aliphatic heterocycles. The van der Waals surface area contributed by atoms with Crippen LogP contribution in [0.3, 0.4) is 0 Å². The molecule has 0 N–H and O–H groups in total. The Bertz CT molecular complexity index is 2820. The summed E-state index contributed by atoms with van der Waals surface area (Å²) < 4.78 is 6.48. The molecule has 1 aromatic heterocycles. The Hall–Kier alpha value is -6.84. The number of hydrogen-bond acceptors (Lipinski definition) is 3. The van der Waals surface area contributed by atoms with Crippen molar-refractivity contribution in [3.05, 3.63) is 216 Å². The second kappa shape index (κ2) is 13.2. The van der Waals surface area contributed by atoms with Crippen LogP contribution < -0.4 is 9.80 Å². The van der Waals surface area contributed by atoms with E-state index in [9.17, 15) is 0 Å². The molecular formula is C53H40N2O. The molecule has 11 rings (SSSR count). The molecule has 56 heavy (non-hydrogen) atoms. The molecular weight excluding hydrogens is 681 g/mol. The summed E-state index contributed by atoms with van der Waals surface area (Å²) in [5.74, 6) is 0. The lowest BCUT2D eigenvalue weighted by Crippen LogP contribution is -2.22. The van der Waals surface area contributed by atoms with E-state index >= 15 is 0 Å². The molecule has 2 aliphatic rings. The Morgan fingerprint density at radius 3 is 1.50 bits per heavy atom. The number of furan rings is 1. The molecule has 3 nitrogen and oxygen atoms in total. The summed E-state index contributed by atoms with van der Waals surface area (Å²) in [4.78, 5) is 4.87. The number of rotatable bonds is 7. The summed E-state index contributed by atoms with van der Waals surface area (Å²) in [6.07, 6.45) is 4.40. The molecule has 0 saturated heterocycles. The number of benzene rings is 8. The van der Waals surface area contributed by atoms with Crippen LogP contribution in [0.1, 0.15) is 35.1 Å². The van der Waals surface area contributed by atoms with Crippen LogP contribution in [0.2, 0.25) is 0 Å². The lowest BCUT2D eigenvalue weighted by atomic mass is 9.76. The van der Waals surface area contributed by atoms with Gasteiger partial charge in [-0.25, -0.2) is 0 Å². The highest BCUT2D eigenvalue weighted by Crippen LogP contribution is 2.55. The van der Waals surface area contributed by atoms with Crippen molar-refractivity contribution in [3.8, 4) is 11.1 Å². The van der Waals surface area contributed by atoms with E-state index in [1.807, 2.05) is 0 Å². The quantitative estimate of drug-likeness (QED) is 0.163. The highest BCUT2D eigenvalue weighted by Gasteiger charge is 2.45. The smallest absolute Gasteiger partial charge is 0.136 e. The van der Waals surface area contributed by atoms with E-state index in [-0.39, 0.29) is 5.41 Å². The van der Waals surface area contributed by atoms with Crippen molar-refractivity contribution in [2.75, 3.05) is 9.80 Å². The summed E-state index contributed by atoms with van der Waals surface area (Å²) >= 11 is 0. The van der Waals surface area contributed by atoms with Gasteiger partial charge in [-0.2, -0.15) is 0 Å². The maximum atomic E-state index is 6.48. The Morgan fingerprint density at radius 2 is 0.911 bits per heavy atom. The molecule has 0 bridgehead atoms. The molecule has 8 aromatic carbocycles. The van der Waals surface area contributed by atoms with Gasteiger partial charge in [0.15, 0.2) is 0 Å². The monoisotopic (exact) mass is 720 g/mol. The van der Waals surface area contributed by atoms with Crippen LogP contribution in [0, 0.1) is 0 Å². The van der Waals surface area contributed by atoms with Crippen molar-refractivity contribution >= 4 is 56.1 Å². The maximum Gasteiger partial charge on any atom is 0.136 e. The lowest BCUT2D eigenvalue weighted by molar-refractivity contribution is 0.507. The van der Waals surface area contributed by atoms with Crippen molar-refractivity contribution < 1.29 is 4.42 Å². The molecule has 1 heterocycles. The third-order valence-corrected chi connectivity index (χ3v) is 12.2. The summed E-state index contributed by atoms with van der Waals surface area (Å²) in [7, 11) is 0.